The molecule has 76 valence electrons. The molecule has 0 atom stereocenters. The molecule has 0 aliphatic carbocycles. The van der Waals surface area contributed by atoms with Crippen LogP contribution in [0.4, 0.5) is 5.82 Å². The second-order valence-corrected chi connectivity index (χ2v) is 3.71. The standard InChI is InChI=1S/C10H16N4/c1-8-7-10(13-12-9(8)2)14-5-3-11-4-6-14/h7,11H,3-6H2,1-2H3. The van der Waals surface area contributed by atoms with Crippen molar-refractivity contribution in [2.75, 3.05) is 31.1 Å². The van der Waals surface area contributed by atoms with Gasteiger partial charge in [0.05, 0.1) is 5.69 Å². The van der Waals surface area contributed by atoms with E-state index in [1.807, 2.05) is 6.92 Å². The first-order valence-electron chi connectivity index (χ1n) is 5.04. The molecule has 0 radical (unpaired) electrons. The lowest BCUT2D eigenvalue weighted by atomic mass is 10.2. The van der Waals surface area contributed by atoms with Crippen molar-refractivity contribution in [1.29, 1.82) is 0 Å². The van der Waals surface area contributed by atoms with Crippen molar-refractivity contribution in [2.45, 2.75) is 13.8 Å². The number of nitrogens with one attached hydrogen (secondary N) is 1. The lowest BCUT2D eigenvalue weighted by Gasteiger charge is -2.28. The van der Waals surface area contributed by atoms with Crippen LogP contribution in [-0.2, 0) is 0 Å². The van der Waals surface area contributed by atoms with Crippen LogP contribution in [0.5, 0.6) is 0 Å². The zero-order valence-corrected chi connectivity index (χ0v) is 8.75. The highest BCUT2D eigenvalue weighted by atomic mass is 15.3. The molecule has 1 N–H and O–H groups in total. The van der Waals surface area contributed by atoms with E-state index in [1.165, 1.54) is 5.56 Å². The molecule has 1 saturated heterocycles. The van der Waals surface area contributed by atoms with Gasteiger partial charge in [0.15, 0.2) is 5.82 Å². The summed E-state index contributed by atoms with van der Waals surface area (Å²) >= 11 is 0. The number of aryl methyl sites for hydroxylation is 2. The van der Waals surface area contributed by atoms with Crippen LogP contribution in [0.1, 0.15) is 11.3 Å². The van der Waals surface area contributed by atoms with Gasteiger partial charge in [-0.2, -0.15) is 5.10 Å². The zero-order chi connectivity index (χ0) is 9.97. The highest BCUT2D eigenvalue weighted by molar-refractivity contribution is 5.41. The van der Waals surface area contributed by atoms with Gasteiger partial charge in [0, 0.05) is 26.2 Å². The summed E-state index contributed by atoms with van der Waals surface area (Å²) in [7, 11) is 0. The van der Waals surface area contributed by atoms with Gasteiger partial charge in [-0.25, -0.2) is 0 Å². The number of aromatic nitrogens is 2. The predicted molar refractivity (Wildman–Crippen MR) is 56.6 cm³/mol. The maximum absolute atomic E-state index is 4.21. The third kappa shape index (κ3) is 1.85. The maximum atomic E-state index is 4.21. The molecule has 1 aliphatic heterocycles. The normalized spacial score (nSPS) is 17.1. The van der Waals surface area contributed by atoms with Crippen molar-refractivity contribution >= 4 is 5.82 Å². The van der Waals surface area contributed by atoms with E-state index in [1.54, 1.807) is 0 Å². The largest absolute Gasteiger partial charge is 0.353 e. The van der Waals surface area contributed by atoms with Crippen LogP contribution in [0.25, 0.3) is 0 Å². The molecule has 1 aromatic heterocycles. The second kappa shape index (κ2) is 3.92. The van der Waals surface area contributed by atoms with Gasteiger partial charge in [0.1, 0.15) is 0 Å². The molecule has 0 unspecified atom stereocenters. The number of hydrogen-bond acceptors (Lipinski definition) is 4. The van der Waals surface area contributed by atoms with E-state index in [0.29, 0.717) is 0 Å². The van der Waals surface area contributed by atoms with Gasteiger partial charge in [-0.3, -0.25) is 0 Å². The van der Waals surface area contributed by atoms with E-state index in [9.17, 15) is 0 Å². The number of hydrogen-bond donors (Lipinski definition) is 1. The monoisotopic (exact) mass is 192 g/mol. The first kappa shape index (κ1) is 9.40. The summed E-state index contributed by atoms with van der Waals surface area (Å²) in [6, 6.07) is 2.12. The maximum Gasteiger partial charge on any atom is 0.151 e. The molecular weight excluding hydrogens is 176 g/mol. The summed E-state index contributed by atoms with van der Waals surface area (Å²) in [5.41, 5.74) is 2.23. The molecule has 2 rings (SSSR count). The minimum Gasteiger partial charge on any atom is -0.353 e. The molecule has 2 heterocycles. The van der Waals surface area contributed by atoms with Crippen LogP contribution < -0.4 is 10.2 Å². The molecule has 1 aromatic rings. The molecule has 0 spiro atoms. The Kier molecular flexibility index (Phi) is 2.63. The molecule has 1 aliphatic rings. The third-order valence-electron chi connectivity index (χ3n) is 2.66. The van der Waals surface area contributed by atoms with Crippen LogP contribution in [0.3, 0.4) is 0 Å². The molecule has 0 aromatic carbocycles. The SMILES string of the molecule is Cc1cc(N2CCNCC2)nnc1C. The molecule has 4 heteroatoms. The molecule has 0 amide bonds. The summed E-state index contributed by atoms with van der Waals surface area (Å²) in [6.45, 7) is 8.19. The number of piperazine rings is 1. The fourth-order valence-corrected chi connectivity index (χ4v) is 1.58. The lowest BCUT2D eigenvalue weighted by molar-refractivity contribution is 0.582. The van der Waals surface area contributed by atoms with E-state index in [-0.39, 0.29) is 0 Å². The zero-order valence-electron chi connectivity index (χ0n) is 8.75. The molecule has 0 bridgehead atoms. The number of rotatable bonds is 1. The van der Waals surface area contributed by atoms with Crippen LogP contribution in [0.15, 0.2) is 6.07 Å². The quantitative estimate of drug-likeness (QED) is 0.703. The van der Waals surface area contributed by atoms with E-state index in [0.717, 1.165) is 37.7 Å². The highest BCUT2D eigenvalue weighted by Crippen LogP contribution is 2.13. The average Bonchev–Trinajstić information content (AvgIpc) is 2.23. The molecule has 0 saturated carbocycles. The first-order valence-corrected chi connectivity index (χ1v) is 5.04. The fourth-order valence-electron chi connectivity index (χ4n) is 1.58. The Labute approximate surface area is 84.3 Å². The van der Waals surface area contributed by atoms with Gasteiger partial charge in [-0.05, 0) is 25.5 Å². The Morgan fingerprint density at radius 2 is 1.93 bits per heavy atom. The van der Waals surface area contributed by atoms with Crippen molar-refractivity contribution in [1.82, 2.24) is 15.5 Å². The summed E-state index contributed by atoms with van der Waals surface area (Å²) in [5, 5.41) is 11.7. The molecule has 4 nitrogen and oxygen atoms in total. The predicted octanol–water partition coefficient (Wildman–Crippen LogP) is 0.503. The lowest BCUT2D eigenvalue weighted by Crippen LogP contribution is -2.44. The van der Waals surface area contributed by atoms with Crippen molar-refractivity contribution in [3.8, 4) is 0 Å². The first-order chi connectivity index (χ1) is 6.77. The molecule has 1 fully saturated rings. The van der Waals surface area contributed by atoms with Crippen molar-refractivity contribution in [2.24, 2.45) is 0 Å². The Bertz CT molecular complexity index is 318. The Morgan fingerprint density at radius 1 is 1.21 bits per heavy atom. The Hall–Kier alpha value is -1.16. The van der Waals surface area contributed by atoms with Crippen molar-refractivity contribution in [3.63, 3.8) is 0 Å². The summed E-state index contributed by atoms with van der Waals surface area (Å²) in [4.78, 5) is 2.27. The van der Waals surface area contributed by atoms with Crippen LogP contribution in [-0.4, -0.2) is 36.4 Å². The highest BCUT2D eigenvalue weighted by Gasteiger charge is 2.12. The van der Waals surface area contributed by atoms with Crippen LogP contribution >= 0.6 is 0 Å². The Balaban J connectivity index is 2.18. The summed E-state index contributed by atoms with van der Waals surface area (Å²) in [6.07, 6.45) is 0. The van der Waals surface area contributed by atoms with Crippen LogP contribution in [0.2, 0.25) is 0 Å². The third-order valence-corrected chi connectivity index (χ3v) is 2.66. The molecule has 14 heavy (non-hydrogen) atoms. The van der Waals surface area contributed by atoms with Gasteiger partial charge in [-0.15, -0.1) is 5.10 Å². The van der Waals surface area contributed by atoms with Crippen molar-refractivity contribution in [3.05, 3.63) is 17.3 Å². The van der Waals surface area contributed by atoms with Gasteiger partial charge in [0.2, 0.25) is 0 Å². The molecular formula is C10H16N4. The second-order valence-electron chi connectivity index (χ2n) is 3.71. The van der Waals surface area contributed by atoms with E-state index in [2.05, 4.69) is 33.4 Å². The average molecular weight is 192 g/mol. The minimum atomic E-state index is 1.01. The van der Waals surface area contributed by atoms with Gasteiger partial charge in [-0.1, -0.05) is 0 Å². The summed E-state index contributed by atoms with van der Waals surface area (Å²) in [5.74, 6) is 1.01. The topological polar surface area (TPSA) is 41.0 Å². The van der Waals surface area contributed by atoms with Gasteiger partial charge < -0.3 is 10.2 Å². The number of anilines is 1. The smallest absolute Gasteiger partial charge is 0.151 e. The minimum absolute atomic E-state index is 1.01. The van der Waals surface area contributed by atoms with E-state index in [4.69, 9.17) is 0 Å². The van der Waals surface area contributed by atoms with Gasteiger partial charge >= 0.3 is 0 Å². The van der Waals surface area contributed by atoms with E-state index >= 15 is 0 Å². The van der Waals surface area contributed by atoms with E-state index < -0.39 is 0 Å². The van der Waals surface area contributed by atoms with Gasteiger partial charge in [0.25, 0.3) is 0 Å². The Morgan fingerprint density at radius 3 is 2.57 bits per heavy atom. The summed E-state index contributed by atoms with van der Waals surface area (Å²) < 4.78 is 0. The number of nitrogens with zero attached hydrogens (tertiary/aromatic N) is 3. The van der Waals surface area contributed by atoms with Crippen LogP contribution in [0, 0.1) is 13.8 Å². The van der Waals surface area contributed by atoms with Crippen molar-refractivity contribution < 1.29 is 0 Å². The fraction of sp³-hybridized carbons (Fsp3) is 0.600.